The molecule has 2 aliphatic heterocycles. The van der Waals surface area contributed by atoms with Crippen molar-refractivity contribution in [3.05, 3.63) is 64.7 Å². The average Bonchev–Trinajstić information content (AvgIpc) is 3.11. The average molecular weight is 439 g/mol. The Hall–Kier alpha value is -2.04. The van der Waals surface area contributed by atoms with E-state index in [0.717, 1.165) is 56.2 Å². The third-order valence-electron chi connectivity index (χ3n) is 7.59. The van der Waals surface area contributed by atoms with E-state index in [2.05, 4.69) is 34.1 Å². The molecule has 164 valence electrons. The van der Waals surface area contributed by atoms with Crippen LogP contribution in [0.4, 0.5) is 0 Å². The number of rotatable bonds is 5. The van der Waals surface area contributed by atoms with Gasteiger partial charge in [-0.25, -0.2) is 0 Å². The molecule has 3 fully saturated rings. The van der Waals surface area contributed by atoms with E-state index in [-0.39, 0.29) is 5.92 Å². The van der Waals surface area contributed by atoms with E-state index < -0.39 is 0 Å². The number of nitrogens with zero attached hydrogens (tertiary/aromatic N) is 2. The molecule has 3 atom stereocenters. The molecule has 0 bridgehead atoms. The first-order valence-electron chi connectivity index (χ1n) is 11.5. The minimum absolute atomic E-state index is 0.264. The van der Waals surface area contributed by atoms with Crippen molar-refractivity contribution in [3.8, 4) is 5.75 Å². The number of hydrogen-bond acceptors (Lipinski definition) is 3. The summed E-state index contributed by atoms with van der Waals surface area (Å²) in [5, 5.41) is 0.793. The number of carbonyl (C=O) groups excluding carboxylic acids is 1. The van der Waals surface area contributed by atoms with Crippen LogP contribution < -0.4 is 4.74 Å². The van der Waals surface area contributed by atoms with E-state index in [1.54, 1.807) is 7.11 Å². The second-order valence-electron chi connectivity index (χ2n) is 9.38. The predicted octanol–water partition coefficient (Wildman–Crippen LogP) is 4.97. The molecule has 2 aromatic carbocycles. The van der Waals surface area contributed by atoms with Crippen molar-refractivity contribution in [1.29, 1.82) is 0 Å². The van der Waals surface area contributed by atoms with Gasteiger partial charge in [-0.1, -0.05) is 42.3 Å². The van der Waals surface area contributed by atoms with Gasteiger partial charge in [0, 0.05) is 55.0 Å². The molecular weight excluding hydrogens is 408 g/mol. The van der Waals surface area contributed by atoms with Gasteiger partial charge in [-0.3, -0.25) is 9.69 Å². The summed E-state index contributed by atoms with van der Waals surface area (Å²) in [5.74, 6) is 2.39. The maximum atomic E-state index is 13.2. The van der Waals surface area contributed by atoms with E-state index in [1.165, 1.54) is 17.5 Å². The fraction of sp³-hybridized carbons (Fsp3) is 0.500. The Kier molecular flexibility index (Phi) is 5.94. The van der Waals surface area contributed by atoms with Crippen molar-refractivity contribution >= 4 is 17.5 Å². The van der Waals surface area contributed by atoms with Crippen molar-refractivity contribution in [2.45, 2.75) is 44.2 Å². The molecule has 4 nitrogen and oxygen atoms in total. The second kappa shape index (κ2) is 8.84. The Balaban J connectivity index is 1.37. The molecule has 5 rings (SSSR count). The van der Waals surface area contributed by atoms with Crippen LogP contribution in [0, 0.1) is 11.8 Å². The number of fused-ring (bicyclic) bond motifs is 1. The molecule has 5 heteroatoms. The fourth-order valence-corrected chi connectivity index (χ4v) is 5.90. The zero-order valence-corrected chi connectivity index (χ0v) is 18.9. The molecule has 0 aromatic heterocycles. The van der Waals surface area contributed by atoms with Gasteiger partial charge < -0.3 is 9.64 Å². The molecule has 0 unspecified atom stereocenters. The van der Waals surface area contributed by atoms with E-state index in [0.29, 0.717) is 23.8 Å². The van der Waals surface area contributed by atoms with Gasteiger partial charge in [0.25, 0.3) is 0 Å². The van der Waals surface area contributed by atoms with Crippen LogP contribution in [0.15, 0.2) is 48.5 Å². The molecule has 0 radical (unpaired) electrons. The summed E-state index contributed by atoms with van der Waals surface area (Å²) in [5.41, 5.74) is 2.58. The van der Waals surface area contributed by atoms with Gasteiger partial charge in [0.15, 0.2) is 0 Å². The number of methoxy groups -OCH3 is 1. The van der Waals surface area contributed by atoms with Crippen LogP contribution >= 0.6 is 11.6 Å². The summed E-state index contributed by atoms with van der Waals surface area (Å²) in [6, 6.07) is 17.0. The molecule has 31 heavy (non-hydrogen) atoms. The Labute approximate surface area is 190 Å². The monoisotopic (exact) mass is 438 g/mol. The number of amides is 1. The third kappa shape index (κ3) is 4.20. The van der Waals surface area contributed by atoms with Gasteiger partial charge in [-0.15, -0.1) is 0 Å². The molecule has 2 saturated heterocycles. The first kappa shape index (κ1) is 20.8. The first-order valence-corrected chi connectivity index (χ1v) is 11.9. The molecule has 2 aromatic rings. The van der Waals surface area contributed by atoms with Gasteiger partial charge in [0.1, 0.15) is 5.75 Å². The second-order valence-corrected chi connectivity index (χ2v) is 9.82. The summed E-state index contributed by atoms with van der Waals surface area (Å²) < 4.78 is 5.36. The van der Waals surface area contributed by atoms with E-state index in [9.17, 15) is 4.79 Å². The Morgan fingerprint density at radius 1 is 1.10 bits per heavy atom. The lowest BCUT2D eigenvalue weighted by Gasteiger charge is -2.40. The number of hydrogen-bond donors (Lipinski definition) is 0. The zero-order valence-electron chi connectivity index (χ0n) is 18.2. The minimum Gasteiger partial charge on any atom is -0.497 e. The lowest BCUT2D eigenvalue weighted by molar-refractivity contribution is -0.140. The van der Waals surface area contributed by atoms with Crippen LogP contribution in [0.1, 0.15) is 42.7 Å². The molecule has 2 heterocycles. The van der Waals surface area contributed by atoms with E-state index in [1.807, 2.05) is 24.3 Å². The lowest BCUT2D eigenvalue weighted by Crippen LogP contribution is -2.49. The molecule has 1 amide bonds. The lowest BCUT2D eigenvalue weighted by atomic mass is 9.81. The van der Waals surface area contributed by atoms with Gasteiger partial charge in [-0.2, -0.15) is 0 Å². The fourth-order valence-electron chi connectivity index (χ4n) is 5.69. The topological polar surface area (TPSA) is 32.8 Å². The summed E-state index contributed by atoms with van der Waals surface area (Å²) in [6.07, 6.45) is 4.39. The highest BCUT2D eigenvalue weighted by Crippen LogP contribution is 2.44. The van der Waals surface area contributed by atoms with Crippen LogP contribution in [0.3, 0.4) is 0 Å². The molecule has 3 aliphatic rings. The third-order valence-corrected chi connectivity index (χ3v) is 7.83. The Morgan fingerprint density at radius 2 is 1.90 bits per heavy atom. The summed E-state index contributed by atoms with van der Waals surface area (Å²) >= 11 is 6.21. The van der Waals surface area contributed by atoms with Gasteiger partial charge in [0.05, 0.1) is 7.11 Å². The predicted molar refractivity (Wildman–Crippen MR) is 123 cm³/mol. The number of benzene rings is 2. The van der Waals surface area contributed by atoms with Crippen molar-refractivity contribution in [2.75, 3.05) is 26.7 Å². The number of ether oxygens (including phenoxy) is 1. The highest BCUT2D eigenvalue weighted by atomic mass is 35.5. The number of likely N-dealkylation sites (tertiary alicyclic amines) is 2. The maximum Gasteiger partial charge on any atom is 0.225 e. The van der Waals surface area contributed by atoms with Crippen molar-refractivity contribution in [1.82, 2.24) is 9.80 Å². The van der Waals surface area contributed by atoms with Crippen LogP contribution in [0.5, 0.6) is 5.75 Å². The van der Waals surface area contributed by atoms with Crippen LogP contribution in [0.2, 0.25) is 5.02 Å². The summed E-state index contributed by atoms with van der Waals surface area (Å²) in [4.78, 5) is 18.0. The van der Waals surface area contributed by atoms with Crippen molar-refractivity contribution in [2.24, 2.45) is 11.8 Å². The Morgan fingerprint density at radius 3 is 2.58 bits per heavy atom. The smallest absolute Gasteiger partial charge is 0.225 e. The highest BCUT2D eigenvalue weighted by Gasteiger charge is 2.48. The van der Waals surface area contributed by atoms with E-state index >= 15 is 0 Å². The van der Waals surface area contributed by atoms with Crippen LogP contribution in [-0.2, 0) is 11.3 Å². The van der Waals surface area contributed by atoms with Gasteiger partial charge in [-0.05, 0) is 54.7 Å². The van der Waals surface area contributed by atoms with Crippen LogP contribution in [-0.4, -0.2) is 48.5 Å². The molecule has 1 aliphatic carbocycles. The largest absolute Gasteiger partial charge is 0.497 e. The van der Waals surface area contributed by atoms with Crippen molar-refractivity contribution < 1.29 is 9.53 Å². The summed E-state index contributed by atoms with van der Waals surface area (Å²) in [6.45, 7) is 3.80. The maximum absolute atomic E-state index is 13.2. The quantitative estimate of drug-likeness (QED) is 0.661. The number of carbonyl (C=O) groups is 1. The zero-order chi connectivity index (χ0) is 21.4. The van der Waals surface area contributed by atoms with Gasteiger partial charge in [0.2, 0.25) is 5.91 Å². The normalized spacial score (nSPS) is 26.4. The van der Waals surface area contributed by atoms with E-state index in [4.69, 9.17) is 16.3 Å². The Bertz CT molecular complexity index is 927. The highest BCUT2D eigenvalue weighted by molar-refractivity contribution is 6.30. The number of piperidine rings is 1. The molecular formula is C26H31ClN2O2. The molecule has 0 N–H and O–H groups in total. The summed E-state index contributed by atoms with van der Waals surface area (Å²) in [7, 11) is 1.70. The molecule has 0 spiro atoms. The molecule has 1 saturated carbocycles. The first-order chi connectivity index (χ1) is 15.1. The minimum atomic E-state index is 0.264. The van der Waals surface area contributed by atoms with Crippen LogP contribution in [0.25, 0.3) is 0 Å². The standard InChI is InChI=1S/C26H31ClN2O2/c1-31-22-10-8-19(9-11-22)23-17-29(26(30)20-5-3-6-20)25-12-13-28(16-24(23)25)15-18-4-2-7-21(27)14-18/h2,4,7-11,14,20,23-25H,3,5-6,12-13,15-17H2,1H3/t23-,24-,25-/m0/s1. The SMILES string of the molecule is COc1ccc([C@@H]2CN(C(=O)C3CCC3)[C@H]3CCN(Cc4cccc(Cl)c4)C[C@@H]23)cc1. The van der Waals surface area contributed by atoms with Crippen molar-refractivity contribution in [3.63, 3.8) is 0 Å². The van der Waals surface area contributed by atoms with Gasteiger partial charge >= 0.3 is 0 Å². The number of halogens is 1.